The van der Waals surface area contributed by atoms with Crippen LogP contribution < -0.4 is 10.5 Å². The molecule has 4 rings (SSSR count). The maximum absolute atomic E-state index is 12.3. The zero-order chi connectivity index (χ0) is 17.6. The second-order valence-electron chi connectivity index (χ2n) is 5.32. The van der Waals surface area contributed by atoms with E-state index in [4.69, 9.17) is 0 Å². The lowest BCUT2D eigenvalue weighted by Crippen LogP contribution is -2.33. The maximum atomic E-state index is 12.3. The summed E-state index contributed by atoms with van der Waals surface area (Å²) in [4.78, 5) is 46.3. The van der Waals surface area contributed by atoms with Gasteiger partial charge < -0.3 is 4.98 Å². The van der Waals surface area contributed by atoms with Crippen LogP contribution in [0.5, 0.6) is 0 Å². The number of aromatic amines is 2. The quantitative estimate of drug-likeness (QED) is 0.684. The molecule has 25 heavy (non-hydrogen) atoms. The minimum absolute atomic E-state index is 0.103. The Labute approximate surface area is 140 Å². The summed E-state index contributed by atoms with van der Waals surface area (Å²) in [7, 11) is 0. The van der Waals surface area contributed by atoms with E-state index in [1.54, 1.807) is 6.20 Å². The number of H-pyrrole nitrogens is 2. The van der Waals surface area contributed by atoms with Gasteiger partial charge >= 0.3 is 0 Å². The normalized spacial score (nSPS) is 13.6. The summed E-state index contributed by atoms with van der Waals surface area (Å²) in [6.07, 6.45) is 3.81. The SMILES string of the molecule is N#Cc1c(-c2c[nH]c3ccccc23)nc(N2C(=O)C=CC2=O)[nH]c1=O. The van der Waals surface area contributed by atoms with E-state index >= 15 is 0 Å². The minimum Gasteiger partial charge on any atom is -0.360 e. The molecule has 2 aromatic heterocycles. The third-order valence-corrected chi connectivity index (χ3v) is 3.88. The number of benzene rings is 1. The molecule has 0 saturated carbocycles. The average Bonchev–Trinajstić information content (AvgIpc) is 3.17. The molecule has 0 unspecified atom stereocenters. The van der Waals surface area contributed by atoms with E-state index in [2.05, 4.69) is 15.0 Å². The van der Waals surface area contributed by atoms with Crippen molar-refractivity contribution in [1.29, 1.82) is 5.26 Å². The summed E-state index contributed by atoms with van der Waals surface area (Å²) in [5.41, 5.74) is 0.526. The van der Waals surface area contributed by atoms with Gasteiger partial charge in [0, 0.05) is 34.8 Å². The number of anilines is 1. The van der Waals surface area contributed by atoms with Crippen LogP contribution in [0.3, 0.4) is 0 Å². The Balaban J connectivity index is 1.99. The molecule has 8 heteroatoms. The largest absolute Gasteiger partial charge is 0.360 e. The van der Waals surface area contributed by atoms with Gasteiger partial charge in [-0.15, -0.1) is 0 Å². The molecule has 3 heterocycles. The van der Waals surface area contributed by atoms with E-state index in [-0.39, 0.29) is 17.2 Å². The smallest absolute Gasteiger partial charge is 0.270 e. The van der Waals surface area contributed by atoms with Gasteiger partial charge in [-0.2, -0.15) is 5.26 Å². The fraction of sp³-hybridized carbons (Fsp3) is 0. The van der Waals surface area contributed by atoms with Crippen molar-refractivity contribution in [3.05, 3.63) is 58.5 Å². The van der Waals surface area contributed by atoms with Gasteiger partial charge in [-0.1, -0.05) is 18.2 Å². The number of nitrogens with zero attached hydrogens (tertiary/aromatic N) is 3. The second-order valence-corrected chi connectivity index (χ2v) is 5.32. The van der Waals surface area contributed by atoms with Crippen molar-refractivity contribution in [3.63, 3.8) is 0 Å². The number of carbonyl (C=O) groups excluding carboxylic acids is 2. The van der Waals surface area contributed by atoms with Crippen molar-refractivity contribution in [2.24, 2.45) is 0 Å². The van der Waals surface area contributed by atoms with Crippen molar-refractivity contribution in [1.82, 2.24) is 15.0 Å². The number of amides is 2. The predicted molar refractivity (Wildman–Crippen MR) is 88.5 cm³/mol. The number of carbonyl (C=O) groups is 2. The Bertz CT molecular complexity index is 1160. The highest BCUT2D eigenvalue weighted by Crippen LogP contribution is 2.29. The molecule has 1 aliphatic rings. The zero-order valence-corrected chi connectivity index (χ0v) is 12.6. The first-order chi connectivity index (χ1) is 12.1. The lowest BCUT2D eigenvalue weighted by atomic mass is 10.1. The summed E-state index contributed by atoms with van der Waals surface area (Å²) in [6.45, 7) is 0. The molecule has 2 N–H and O–H groups in total. The Hall–Kier alpha value is -3.99. The predicted octanol–water partition coefficient (Wildman–Crippen LogP) is 1.22. The second kappa shape index (κ2) is 5.28. The molecular formula is C17H9N5O3. The molecule has 0 bridgehead atoms. The molecule has 3 aromatic rings. The molecule has 120 valence electrons. The number of imide groups is 1. The monoisotopic (exact) mass is 331 g/mol. The van der Waals surface area contributed by atoms with Gasteiger partial charge in [0.25, 0.3) is 17.4 Å². The molecule has 8 nitrogen and oxygen atoms in total. The first kappa shape index (κ1) is 14.6. The third-order valence-electron chi connectivity index (χ3n) is 3.88. The van der Waals surface area contributed by atoms with Crippen molar-refractivity contribution in [2.75, 3.05) is 4.90 Å². The lowest BCUT2D eigenvalue weighted by molar-refractivity contribution is -0.120. The molecule has 2 amide bonds. The van der Waals surface area contributed by atoms with Crippen LogP contribution in [0.2, 0.25) is 0 Å². The highest BCUT2D eigenvalue weighted by molar-refractivity contribution is 6.27. The molecule has 0 radical (unpaired) electrons. The summed E-state index contributed by atoms with van der Waals surface area (Å²) >= 11 is 0. The molecule has 0 atom stereocenters. The molecular weight excluding hydrogens is 322 g/mol. The van der Waals surface area contributed by atoms with Crippen LogP contribution in [-0.2, 0) is 9.59 Å². The number of hydrogen-bond acceptors (Lipinski definition) is 5. The van der Waals surface area contributed by atoms with Crippen LogP contribution in [0.4, 0.5) is 5.95 Å². The van der Waals surface area contributed by atoms with E-state index in [9.17, 15) is 19.6 Å². The zero-order valence-electron chi connectivity index (χ0n) is 12.6. The Morgan fingerprint density at radius 1 is 1.08 bits per heavy atom. The number of nitrogens with one attached hydrogen (secondary N) is 2. The maximum Gasteiger partial charge on any atom is 0.270 e. The van der Waals surface area contributed by atoms with Crippen molar-refractivity contribution in [2.45, 2.75) is 0 Å². The first-order valence-corrected chi connectivity index (χ1v) is 7.27. The minimum atomic E-state index is -0.722. The highest BCUT2D eigenvalue weighted by Gasteiger charge is 2.29. The lowest BCUT2D eigenvalue weighted by Gasteiger charge is -2.13. The van der Waals surface area contributed by atoms with Gasteiger partial charge in [0.05, 0.1) is 5.69 Å². The number of aromatic nitrogens is 3. The van der Waals surface area contributed by atoms with Crippen molar-refractivity contribution in [3.8, 4) is 17.3 Å². The van der Waals surface area contributed by atoms with E-state index in [0.717, 1.165) is 28.0 Å². The molecule has 0 aliphatic carbocycles. The summed E-state index contributed by atoms with van der Waals surface area (Å²) in [6, 6.07) is 9.16. The van der Waals surface area contributed by atoms with Gasteiger partial charge in [-0.05, 0) is 6.07 Å². The van der Waals surface area contributed by atoms with E-state index in [0.29, 0.717) is 5.56 Å². The van der Waals surface area contributed by atoms with Gasteiger partial charge in [-0.25, -0.2) is 9.88 Å². The third kappa shape index (κ3) is 2.14. The topological polar surface area (TPSA) is 123 Å². The van der Waals surface area contributed by atoms with Crippen LogP contribution in [0, 0.1) is 11.3 Å². The fourth-order valence-corrected chi connectivity index (χ4v) is 2.74. The number of rotatable bonds is 2. The van der Waals surface area contributed by atoms with Crippen molar-refractivity contribution >= 4 is 28.7 Å². The number of fused-ring (bicyclic) bond motifs is 1. The summed E-state index contributed by atoms with van der Waals surface area (Å²) in [5.74, 6) is -1.44. The van der Waals surface area contributed by atoms with Gasteiger partial charge in [0.2, 0.25) is 5.95 Å². The molecule has 0 saturated heterocycles. The summed E-state index contributed by atoms with van der Waals surface area (Å²) in [5, 5.41) is 10.1. The van der Waals surface area contributed by atoms with E-state index < -0.39 is 17.4 Å². The van der Waals surface area contributed by atoms with Crippen LogP contribution in [0.15, 0.2) is 47.4 Å². The molecule has 0 spiro atoms. The Morgan fingerprint density at radius 2 is 1.80 bits per heavy atom. The standard InChI is InChI=1S/C17H9N5O3/c18-7-10-15(11-8-19-12-4-2-1-3-9(11)12)20-17(21-16(10)25)22-13(23)5-6-14(22)24/h1-6,8,19H,(H,20,21,25). The molecule has 1 aromatic carbocycles. The van der Waals surface area contributed by atoms with E-state index in [1.165, 1.54) is 0 Å². The number of hydrogen-bond donors (Lipinski definition) is 2. The average molecular weight is 331 g/mol. The highest BCUT2D eigenvalue weighted by atomic mass is 16.2. The van der Waals surface area contributed by atoms with E-state index in [1.807, 2.05) is 30.3 Å². The molecule has 0 fully saturated rings. The van der Waals surface area contributed by atoms with Crippen molar-refractivity contribution < 1.29 is 9.59 Å². The van der Waals surface area contributed by atoms with Crippen LogP contribution in [0.25, 0.3) is 22.2 Å². The number of nitriles is 1. The van der Waals surface area contributed by atoms with Gasteiger partial charge in [-0.3, -0.25) is 19.4 Å². The first-order valence-electron chi connectivity index (χ1n) is 7.27. The van der Waals surface area contributed by atoms with Gasteiger partial charge in [0.15, 0.2) is 0 Å². The number of para-hydroxylation sites is 1. The molecule has 1 aliphatic heterocycles. The summed E-state index contributed by atoms with van der Waals surface area (Å²) < 4.78 is 0. The van der Waals surface area contributed by atoms with Gasteiger partial charge in [0.1, 0.15) is 11.6 Å². The Morgan fingerprint density at radius 3 is 2.52 bits per heavy atom. The fourth-order valence-electron chi connectivity index (χ4n) is 2.74. The van der Waals surface area contributed by atoms with Crippen LogP contribution in [-0.4, -0.2) is 26.8 Å². The van der Waals surface area contributed by atoms with Crippen LogP contribution >= 0.6 is 0 Å². The Kier molecular flexibility index (Phi) is 3.08. The van der Waals surface area contributed by atoms with Crippen LogP contribution in [0.1, 0.15) is 5.56 Å².